The Morgan fingerprint density at radius 2 is 1.27 bits per heavy atom. The molecule has 0 aromatic carbocycles. The summed E-state index contributed by atoms with van der Waals surface area (Å²) >= 11 is 0. The van der Waals surface area contributed by atoms with Crippen LogP contribution in [0.4, 0.5) is 8.78 Å². The number of hydrogen-bond donors (Lipinski definition) is 0. The molecule has 0 saturated heterocycles. The van der Waals surface area contributed by atoms with E-state index in [1.54, 1.807) is 0 Å². The van der Waals surface area contributed by atoms with Crippen LogP contribution in [0.1, 0.15) is 54.4 Å². The summed E-state index contributed by atoms with van der Waals surface area (Å²) in [5.41, 5.74) is 0. The van der Waals surface area contributed by atoms with E-state index in [1.807, 2.05) is 27.7 Å². The molecule has 15 heavy (non-hydrogen) atoms. The zero-order valence-corrected chi connectivity index (χ0v) is 11.0. The van der Waals surface area contributed by atoms with Crippen LogP contribution in [-0.2, 0) is 0 Å². The summed E-state index contributed by atoms with van der Waals surface area (Å²) in [6.07, 6.45) is 1.55. The Labute approximate surface area is 93.4 Å². The Morgan fingerprint density at radius 1 is 0.933 bits per heavy atom. The van der Waals surface area contributed by atoms with E-state index >= 15 is 0 Å². The lowest BCUT2D eigenvalue weighted by atomic mass is 9.91. The van der Waals surface area contributed by atoms with Crippen molar-refractivity contribution in [2.24, 2.45) is 23.7 Å². The molecule has 2 fully saturated rings. The molecule has 2 aliphatic rings. The van der Waals surface area contributed by atoms with Gasteiger partial charge in [0.25, 0.3) is 5.92 Å². The molecule has 92 valence electrons. The van der Waals surface area contributed by atoms with E-state index in [2.05, 4.69) is 13.8 Å². The Balaban J connectivity index is 0.000000442. The lowest BCUT2D eigenvalue weighted by Crippen LogP contribution is -2.12. The smallest absolute Gasteiger partial charge is 0.206 e. The van der Waals surface area contributed by atoms with Crippen molar-refractivity contribution in [1.82, 2.24) is 0 Å². The molecular formula is C13H26F2. The first-order valence-electron chi connectivity index (χ1n) is 6.41. The first-order valence-corrected chi connectivity index (χ1v) is 6.41. The Morgan fingerprint density at radius 3 is 1.53 bits per heavy atom. The first-order chi connectivity index (χ1) is 7.03. The second-order valence-corrected chi connectivity index (χ2v) is 4.36. The fraction of sp³-hybridized carbons (Fsp3) is 1.00. The summed E-state index contributed by atoms with van der Waals surface area (Å²) in [5, 5.41) is 0. The van der Waals surface area contributed by atoms with Gasteiger partial charge in [-0.2, -0.15) is 0 Å². The van der Waals surface area contributed by atoms with Crippen LogP contribution in [0, 0.1) is 23.7 Å². The van der Waals surface area contributed by atoms with Crippen LogP contribution >= 0.6 is 0 Å². The van der Waals surface area contributed by atoms with Crippen LogP contribution in [0.5, 0.6) is 0 Å². The van der Waals surface area contributed by atoms with Crippen LogP contribution in [-0.4, -0.2) is 5.92 Å². The molecule has 0 bridgehead atoms. The zero-order valence-electron chi connectivity index (χ0n) is 11.0. The van der Waals surface area contributed by atoms with Crippen molar-refractivity contribution in [3.8, 4) is 0 Å². The van der Waals surface area contributed by atoms with Gasteiger partial charge in [-0.1, -0.05) is 41.5 Å². The number of halogens is 2. The third-order valence-corrected chi connectivity index (χ3v) is 3.42. The Bertz CT molecular complexity index is 161. The highest BCUT2D eigenvalue weighted by molar-refractivity contribution is 5.11. The van der Waals surface area contributed by atoms with E-state index < -0.39 is 5.92 Å². The third kappa shape index (κ3) is 2.92. The molecule has 0 spiro atoms. The molecule has 0 radical (unpaired) electrons. The topological polar surface area (TPSA) is 0 Å². The fourth-order valence-corrected chi connectivity index (χ4v) is 2.40. The van der Waals surface area contributed by atoms with Gasteiger partial charge >= 0.3 is 0 Å². The van der Waals surface area contributed by atoms with Crippen LogP contribution in [0.3, 0.4) is 0 Å². The molecule has 2 heteroatoms. The van der Waals surface area contributed by atoms with E-state index in [-0.39, 0.29) is 11.8 Å². The highest BCUT2D eigenvalue weighted by Crippen LogP contribution is 2.66. The maximum Gasteiger partial charge on any atom is 0.254 e. The van der Waals surface area contributed by atoms with E-state index in [9.17, 15) is 8.78 Å². The van der Waals surface area contributed by atoms with Crippen molar-refractivity contribution in [1.29, 1.82) is 0 Å². The van der Waals surface area contributed by atoms with E-state index in [4.69, 9.17) is 0 Å². The Kier molecular flexibility index (Phi) is 5.76. The minimum absolute atomic E-state index is 0.241. The lowest BCUT2D eigenvalue weighted by Gasteiger charge is -2.17. The molecule has 2 unspecified atom stereocenters. The predicted molar refractivity (Wildman–Crippen MR) is 62.2 cm³/mol. The second kappa shape index (κ2) is 5.81. The van der Waals surface area contributed by atoms with Gasteiger partial charge in [0.1, 0.15) is 0 Å². The molecule has 0 heterocycles. The molecule has 2 saturated carbocycles. The molecule has 0 N–H and O–H groups in total. The SMILES string of the molecule is CC.CC.CC(C)C1CC2C(C1)C2(F)F. The summed E-state index contributed by atoms with van der Waals surface area (Å²) in [6.45, 7) is 12.3. The van der Waals surface area contributed by atoms with Gasteiger partial charge in [-0.3, -0.25) is 0 Å². The molecule has 2 atom stereocenters. The number of alkyl halides is 2. The van der Waals surface area contributed by atoms with Gasteiger partial charge in [-0.15, -0.1) is 0 Å². The van der Waals surface area contributed by atoms with E-state index in [0.29, 0.717) is 11.8 Å². The third-order valence-electron chi connectivity index (χ3n) is 3.42. The van der Waals surface area contributed by atoms with Crippen LogP contribution in [0.25, 0.3) is 0 Å². The maximum atomic E-state index is 12.7. The largest absolute Gasteiger partial charge is 0.254 e. The van der Waals surface area contributed by atoms with Crippen LogP contribution in [0.15, 0.2) is 0 Å². The minimum atomic E-state index is -2.27. The maximum absolute atomic E-state index is 12.7. The number of fused-ring (bicyclic) bond motifs is 1. The molecule has 0 amide bonds. The van der Waals surface area contributed by atoms with Crippen molar-refractivity contribution in [2.75, 3.05) is 0 Å². The van der Waals surface area contributed by atoms with Gasteiger partial charge in [0.2, 0.25) is 0 Å². The average Bonchev–Trinajstić information content (AvgIpc) is 2.62. The average molecular weight is 220 g/mol. The minimum Gasteiger partial charge on any atom is -0.206 e. The zero-order chi connectivity index (χ0) is 12.2. The van der Waals surface area contributed by atoms with Crippen LogP contribution < -0.4 is 0 Å². The lowest BCUT2D eigenvalue weighted by molar-refractivity contribution is 0.0591. The molecule has 0 aromatic rings. The first kappa shape index (κ1) is 14.9. The van der Waals surface area contributed by atoms with Gasteiger partial charge in [-0.25, -0.2) is 8.78 Å². The number of hydrogen-bond acceptors (Lipinski definition) is 0. The standard InChI is InChI=1S/C9H14F2.2C2H6/c1-5(2)6-3-7-8(4-6)9(7,10)11;2*1-2/h5-8H,3-4H2,1-2H3;2*1-2H3. The molecule has 0 nitrogen and oxygen atoms in total. The van der Waals surface area contributed by atoms with Gasteiger partial charge in [-0.05, 0) is 24.7 Å². The molecule has 2 aliphatic carbocycles. The van der Waals surface area contributed by atoms with Crippen LogP contribution in [0.2, 0.25) is 0 Å². The van der Waals surface area contributed by atoms with Gasteiger partial charge < -0.3 is 0 Å². The highest BCUT2D eigenvalue weighted by atomic mass is 19.3. The summed E-state index contributed by atoms with van der Waals surface area (Å²) in [5.74, 6) is -1.58. The van der Waals surface area contributed by atoms with E-state index in [0.717, 1.165) is 12.8 Å². The van der Waals surface area contributed by atoms with Crippen molar-refractivity contribution < 1.29 is 8.78 Å². The predicted octanol–water partition coefficient (Wildman–Crippen LogP) is 4.99. The highest BCUT2D eigenvalue weighted by Gasteiger charge is 2.71. The van der Waals surface area contributed by atoms with Gasteiger partial charge in [0, 0.05) is 11.8 Å². The molecular weight excluding hydrogens is 194 g/mol. The monoisotopic (exact) mass is 220 g/mol. The van der Waals surface area contributed by atoms with Gasteiger partial charge in [0.15, 0.2) is 0 Å². The summed E-state index contributed by atoms with van der Waals surface area (Å²) < 4.78 is 25.4. The van der Waals surface area contributed by atoms with E-state index in [1.165, 1.54) is 0 Å². The molecule has 0 aliphatic heterocycles. The summed E-state index contributed by atoms with van der Waals surface area (Å²) in [4.78, 5) is 0. The second-order valence-electron chi connectivity index (χ2n) is 4.36. The summed E-state index contributed by atoms with van der Waals surface area (Å²) in [6, 6.07) is 0. The van der Waals surface area contributed by atoms with Crippen molar-refractivity contribution in [3.63, 3.8) is 0 Å². The van der Waals surface area contributed by atoms with Crippen molar-refractivity contribution in [2.45, 2.75) is 60.3 Å². The van der Waals surface area contributed by atoms with Crippen molar-refractivity contribution >= 4 is 0 Å². The fourth-order valence-electron chi connectivity index (χ4n) is 2.40. The summed E-state index contributed by atoms with van der Waals surface area (Å²) in [7, 11) is 0. The van der Waals surface area contributed by atoms with Gasteiger partial charge in [0.05, 0.1) is 0 Å². The van der Waals surface area contributed by atoms with Crippen molar-refractivity contribution in [3.05, 3.63) is 0 Å². The normalized spacial score (nSPS) is 34.6. The molecule has 2 rings (SSSR count). The quantitative estimate of drug-likeness (QED) is 0.584. The number of rotatable bonds is 1. The molecule has 0 aromatic heterocycles. The Hall–Kier alpha value is -0.140.